The molecule has 3 aromatic carbocycles. The average Bonchev–Trinajstić information content (AvgIpc) is 3.43. The van der Waals surface area contributed by atoms with E-state index < -0.39 is 35.0 Å². The third-order valence-electron chi connectivity index (χ3n) is 7.96. The third kappa shape index (κ3) is 7.45. The number of carbonyl (C=O) groups excluding carboxylic acids is 1. The molecule has 11 heteroatoms. The molecule has 4 atom stereocenters. The number of aromatic carboxylic acids is 1. The Morgan fingerprint density at radius 2 is 1.95 bits per heavy atom. The zero-order chi connectivity index (χ0) is 31.3. The summed E-state index contributed by atoms with van der Waals surface area (Å²) in [7, 11) is 1.37. The van der Waals surface area contributed by atoms with Gasteiger partial charge >= 0.3 is 5.97 Å². The molecular weight excluding hydrogens is 599 g/mol. The maximum Gasteiger partial charge on any atom is 0.339 e. The zero-order valence-electron chi connectivity index (χ0n) is 23.6. The number of rotatable bonds is 11. The van der Waals surface area contributed by atoms with Gasteiger partial charge < -0.3 is 20.5 Å². The predicted octanol–water partition coefficient (Wildman–Crippen LogP) is 6.66. The minimum atomic E-state index is -1.11. The Labute approximate surface area is 258 Å². The van der Waals surface area contributed by atoms with Gasteiger partial charge in [0.1, 0.15) is 22.9 Å². The topological polar surface area (TPSA) is 111 Å². The van der Waals surface area contributed by atoms with Crippen molar-refractivity contribution in [1.29, 1.82) is 5.26 Å². The summed E-state index contributed by atoms with van der Waals surface area (Å²) in [6, 6.07) is 14.9. The van der Waals surface area contributed by atoms with Gasteiger partial charge in [-0.3, -0.25) is 4.79 Å². The van der Waals surface area contributed by atoms with Crippen molar-refractivity contribution in [2.75, 3.05) is 7.11 Å². The third-order valence-corrected chi connectivity index (χ3v) is 8.49. The van der Waals surface area contributed by atoms with E-state index in [1.54, 1.807) is 24.3 Å². The van der Waals surface area contributed by atoms with Crippen molar-refractivity contribution in [1.82, 2.24) is 10.6 Å². The van der Waals surface area contributed by atoms with E-state index in [2.05, 4.69) is 16.7 Å². The molecule has 0 saturated carbocycles. The molecule has 0 aliphatic carbocycles. The average molecular weight is 631 g/mol. The highest BCUT2D eigenvalue weighted by Gasteiger charge is 2.42. The van der Waals surface area contributed by atoms with Gasteiger partial charge in [0.2, 0.25) is 5.91 Å². The molecule has 1 amide bonds. The Morgan fingerprint density at radius 3 is 2.63 bits per heavy atom. The van der Waals surface area contributed by atoms with Crippen LogP contribution in [0.15, 0.2) is 54.6 Å². The molecule has 1 aliphatic rings. The Balaban J connectivity index is 1.51. The van der Waals surface area contributed by atoms with Gasteiger partial charge in [-0.15, -0.1) is 0 Å². The molecule has 43 heavy (non-hydrogen) atoms. The summed E-state index contributed by atoms with van der Waals surface area (Å²) in [4.78, 5) is 24.4. The van der Waals surface area contributed by atoms with Crippen LogP contribution in [-0.2, 0) is 17.8 Å². The molecule has 2 unspecified atom stereocenters. The molecule has 7 nitrogen and oxygen atoms in total. The molecule has 0 radical (unpaired) electrons. The molecule has 1 saturated heterocycles. The number of nitrogens with one attached hydrogen (secondary N) is 2. The Kier molecular flexibility index (Phi) is 10.3. The van der Waals surface area contributed by atoms with Crippen LogP contribution in [0.3, 0.4) is 0 Å². The first-order valence-corrected chi connectivity index (χ1v) is 14.4. The lowest BCUT2D eigenvalue weighted by atomic mass is 9.66. The number of amides is 1. The van der Waals surface area contributed by atoms with Gasteiger partial charge in [-0.1, -0.05) is 54.4 Å². The number of nitriles is 1. The van der Waals surface area contributed by atoms with Crippen molar-refractivity contribution in [2.45, 2.75) is 57.2 Å². The van der Waals surface area contributed by atoms with Gasteiger partial charge in [-0.25, -0.2) is 13.6 Å². The van der Waals surface area contributed by atoms with Crippen LogP contribution < -0.4 is 15.4 Å². The van der Waals surface area contributed by atoms with E-state index in [4.69, 9.17) is 27.9 Å². The second kappa shape index (κ2) is 13.7. The van der Waals surface area contributed by atoms with Crippen molar-refractivity contribution in [3.63, 3.8) is 0 Å². The largest absolute Gasteiger partial charge is 0.496 e. The maximum absolute atomic E-state index is 15.1. The lowest BCUT2D eigenvalue weighted by Gasteiger charge is -2.37. The summed E-state index contributed by atoms with van der Waals surface area (Å²) in [6.07, 6.45) is 1.57. The monoisotopic (exact) mass is 629 g/mol. The molecule has 3 N–H and O–H groups in total. The molecule has 3 aromatic rings. The van der Waals surface area contributed by atoms with Crippen LogP contribution in [0.5, 0.6) is 5.75 Å². The maximum atomic E-state index is 15.1. The second-order valence-corrected chi connectivity index (χ2v) is 11.9. The molecule has 0 aromatic heterocycles. The predicted molar refractivity (Wildman–Crippen MR) is 159 cm³/mol. The fourth-order valence-corrected chi connectivity index (χ4v) is 6.19. The number of carboxylic acid groups (broad SMARTS) is 1. The molecule has 1 heterocycles. The molecule has 1 aliphatic heterocycles. The van der Waals surface area contributed by atoms with Crippen LogP contribution in [0.1, 0.15) is 59.2 Å². The normalized spacial score (nSPS) is 18.3. The number of ether oxygens (including phenoxy) is 1. The van der Waals surface area contributed by atoms with Crippen LogP contribution >= 0.6 is 23.2 Å². The first-order valence-electron chi connectivity index (χ1n) is 13.7. The lowest BCUT2D eigenvalue weighted by molar-refractivity contribution is -0.123. The number of carbonyl (C=O) groups is 2. The lowest BCUT2D eigenvalue weighted by Crippen LogP contribution is -2.44. The Hall–Kier alpha value is -3.71. The van der Waals surface area contributed by atoms with Crippen molar-refractivity contribution in [2.24, 2.45) is 5.41 Å². The van der Waals surface area contributed by atoms with Crippen LogP contribution in [0.4, 0.5) is 8.78 Å². The van der Waals surface area contributed by atoms with E-state index in [0.29, 0.717) is 30.4 Å². The van der Waals surface area contributed by atoms with E-state index in [1.165, 1.54) is 31.4 Å². The van der Waals surface area contributed by atoms with Crippen molar-refractivity contribution < 1.29 is 28.2 Å². The Bertz CT molecular complexity index is 1560. The summed E-state index contributed by atoms with van der Waals surface area (Å²) in [6.45, 7) is 1.98. The van der Waals surface area contributed by atoms with Gasteiger partial charge in [0, 0.05) is 23.2 Å². The van der Waals surface area contributed by atoms with Crippen molar-refractivity contribution in [3.05, 3.63) is 98.5 Å². The van der Waals surface area contributed by atoms with E-state index >= 15 is 8.78 Å². The number of nitrogens with zero attached hydrogens (tertiary/aromatic N) is 1. The van der Waals surface area contributed by atoms with E-state index in [1.807, 2.05) is 6.92 Å². The number of hydrogen-bond acceptors (Lipinski definition) is 5. The van der Waals surface area contributed by atoms with Crippen LogP contribution in [0, 0.1) is 28.4 Å². The first kappa shape index (κ1) is 32.2. The molecule has 0 bridgehead atoms. The number of halogens is 4. The summed E-state index contributed by atoms with van der Waals surface area (Å²) in [5.74, 6) is -3.34. The standard InChI is InChI=1S/C32H31Cl2F2N3O4/c1-32(14-19-4-3-5-25(34)29(19)36,24(16-37)22-10-7-20(33)13-26(22)35)15-21-8-11-27(39-21)30(40)38-17-18-6-9-23(31(41)42)28(12-18)43-2/h3-7,9-10,12-13,21,24,27,39H,8,11,14-15,17H2,1-2H3,(H,38,40)(H,41,42)/t21-,24?,27+,32?/m0/s1. The molecule has 226 valence electrons. The summed E-state index contributed by atoms with van der Waals surface area (Å²) >= 11 is 12.0. The fraction of sp³-hybridized carbons (Fsp3) is 0.344. The summed E-state index contributed by atoms with van der Waals surface area (Å²) in [5.41, 5.74) is 0.200. The number of carboxylic acids is 1. The first-order chi connectivity index (χ1) is 20.4. The quantitative estimate of drug-likeness (QED) is 0.219. The zero-order valence-corrected chi connectivity index (χ0v) is 25.1. The highest BCUT2D eigenvalue weighted by atomic mass is 35.5. The molecular formula is C32H31Cl2F2N3O4. The van der Waals surface area contributed by atoms with E-state index in [9.17, 15) is 20.0 Å². The number of methoxy groups -OCH3 is 1. The van der Waals surface area contributed by atoms with Crippen molar-refractivity contribution >= 4 is 35.1 Å². The molecule has 4 rings (SSSR count). The number of hydrogen-bond donors (Lipinski definition) is 3. The summed E-state index contributed by atoms with van der Waals surface area (Å²) in [5, 5.41) is 25.9. The summed E-state index contributed by atoms with van der Waals surface area (Å²) < 4.78 is 35.3. The van der Waals surface area contributed by atoms with E-state index in [-0.39, 0.29) is 51.8 Å². The van der Waals surface area contributed by atoms with Crippen molar-refractivity contribution in [3.8, 4) is 11.8 Å². The van der Waals surface area contributed by atoms with Gasteiger partial charge in [-0.2, -0.15) is 5.26 Å². The minimum absolute atomic E-state index is 0.0211. The van der Waals surface area contributed by atoms with Crippen LogP contribution in [0.2, 0.25) is 10.0 Å². The highest BCUT2D eigenvalue weighted by Crippen LogP contribution is 2.45. The fourth-order valence-electron chi connectivity index (χ4n) is 5.83. The molecule has 0 spiro atoms. The SMILES string of the molecule is COc1cc(CNC(=O)[C@H]2CC[C@@H](CC(C)(Cc3cccc(Cl)c3F)C(C#N)c3ccc(Cl)cc3F)N2)ccc1C(=O)O. The van der Waals surface area contributed by atoms with Crippen LogP contribution in [-0.4, -0.2) is 36.2 Å². The number of benzene rings is 3. The van der Waals surface area contributed by atoms with E-state index in [0.717, 1.165) is 6.07 Å². The van der Waals surface area contributed by atoms with Crippen LogP contribution in [0.25, 0.3) is 0 Å². The van der Waals surface area contributed by atoms with Gasteiger partial charge in [0.25, 0.3) is 0 Å². The minimum Gasteiger partial charge on any atom is -0.496 e. The molecule has 1 fully saturated rings. The van der Waals surface area contributed by atoms with Gasteiger partial charge in [-0.05, 0) is 72.6 Å². The van der Waals surface area contributed by atoms with Gasteiger partial charge in [0.05, 0.1) is 30.2 Å². The highest BCUT2D eigenvalue weighted by molar-refractivity contribution is 6.31. The second-order valence-electron chi connectivity index (χ2n) is 11.0. The smallest absolute Gasteiger partial charge is 0.339 e. The van der Waals surface area contributed by atoms with Gasteiger partial charge in [0.15, 0.2) is 0 Å². The Morgan fingerprint density at radius 1 is 1.19 bits per heavy atom.